The molecule has 3 heterocycles. The number of nitrogens with zero attached hydrogens (tertiary/aromatic N) is 1. The second-order valence-electron chi connectivity index (χ2n) is 3.71. The first-order valence-electron chi connectivity index (χ1n) is 4.82. The van der Waals surface area contributed by atoms with Crippen molar-refractivity contribution in [3.8, 4) is 0 Å². The molecule has 0 N–H and O–H groups in total. The smallest absolute Gasteiger partial charge is 0.255 e. The summed E-state index contributed by atoms with van der Waals surface area (Å²) in [5, 5.41) is 2.00. The lowest BCUT2D eigenvalue weighted by atomic mass is 10.1. The summed E-state index contributed by atoms with van der Waals surface area (Å²) < 4.78 is 5.14. The minimum atomic E-state index is 0.183. The lowest BCUT2D eigenvalue weighted by molar-refractivity contribution is 0.0728. The lowest BCUT2D eigenvalue weighted by Gasteiger charge is -2.25. The van der Waals surface area contributed by atoms with Crippen LogP contribution in [0.25, 0.3) is 0 Å². The van der Waals surface area contributed by atoms with Gasteiger partial charge in [0.15, 0.2) is 0 Å². The van der Waals surface area contributed by atoms with E-state index in [2.05, 4.69) is 0 Å². The molecule has 1 aromatic heterocycles. The zero-order valence-electron chi connectivity index (χ0n) is 7.73. The highest BCUT2D eigenvalue weighted by molar-refractivity contribution is 7.10. The summed E-state index contributed by atoms with van der Waals surface area (Å²) in [7, 11) is 0. The molecule has 1 amide bonds. The Morgan fingerprint density at radius 3 is 3.29 bits per heavy atom. The molecule has 14 heavy (non-hydrogen) atoms. The van der Waals surface area contributed by atoms with Crippen molar-refractivity contribution in [2.75, 3.05) is 19.7 Å². The van der Waals surface area contributed by atoms with Gasteiger partial charge in [-0.05, 0) is 11.4 Å². The van der Waals surface area contributed by atoms with E-state index in [1.807, 2.05) is 16.3 Å². The second-order valence-corrected chi connectivity index (χ2v) is 4.71. The molecule has 3 nitrogen and oxygen atoms in total. The molecule has 0 radical (unpaired) electrons. The van der Waals surface area contributed by atoms with E-state index in [1.54, 1.807) is 11.3 Å². The van der Waals surface area contributed by atoms with Crippen LogP contribution in [0, 0.1) is 0 Å². The average Bonchev–Trinajstić information content (AvgIpc) is 2.85. The maximum atomic E-state index is 11.9. The highest BCUT2D eigenvalue weighted by atomic mass is 32.1. The van der Waals surface area contributed by atoms with Crippen molar-refractivity contribution in [2.24, 2.45) is 0 Å². The monoisotopic (exact) mass is 209 g/mol. The van der Waals surface area contributed by atoms with E-state index in [1.165, 1.54) is 4.88 Å². The van der Waals surface area contributed by atoms with E-state index in [4.69, 9.17) is 4.74 Å². The summed E-state index contributed by atoms with van der Waals surface area (Å²) in [6.45, 7) is 2.45. The van der Waals surface area contributed by atoms with Crippen molar-refractivity contribution in [1.82, 2.24) is 4.90 Å². The predicted molar refractivity (Wildman–Crippen MR) is 53.7 cm³/mol. The molecule has 0 saturated carbocycles. The van der Waals surface area contributed by atoms with Crippen LogP contribution < -0.4 is 0 Å². The number of amides is 1. The van der Waals surface area contributed by atoms with Gasteiger partial charge < -0.3 is 9.64 Å². The third-order valence-corrected chi connectivity index (χ3v) is 3.68. The number of ether oxygens (including phenoxy) is 1. The largest absolute Gasteiger partial charge is 0.371 e. The van der Waals surface area contributed by atoms with E-state index in [0.29, 0.717) is 6.10 Å². The standard InChI is InChI=1S/C10H11NO2S/c12-10-8-2-4-14-9(8)1-3-11(10)5-7-6-13-7/h2,4,7H,1,3,5-6H2. The normalized spacial score (nSPS) is 25.0. The van der Waals surface area contributed by atoms with Crippen LogP contribution in [-0.4, -0.2) is 36.6 Å². The number of rotatable bonds is 2. The Hall–Kier alpha value is -0.870. The molecule has 3 rings (SSSR count). The van der Waals surface area contributed by atoms with E-state index in [9.17, 15) is 4.79 Å². The van der Waals surface area contributed by atoms with E-state index < -0.39 is 0 Å². The van der Waals surface area contributed by atoms with Gasteiger partial charge in [-0.15, -0.1) is 11.3 Å². The van der Waals surface area contributed by atoms with Crippen molar-refractivity contribution in [2.45, 2.75) is 12.5 Å². The van der Waals surface area contributed by atoms with E-state index in [-0.39, 0.29) is 5.91 Å². The minimum absolute atomic E-state index is 0.183. The van der Waals surface area contributed by atoms with Gasteiger partial charge in [0, 0.05) is 24.4 Å². The molecule has 1 saturated heterocycles. The van der Waals surface area contributed by atoms with Crippen LogP contribution in [-0.2, 0) is 11.2 Å². The Morgan fingerprint density at radius 2 is 2.50 bits per heavy atom. The Morgan fingerprint density at radius 1 is 1.64 bits per heavy atom. The predicted octanol–water partition coefficient (Wildman–Crippen LogP) is 1.15. The van der Waals surface area contributed by atoms with Crippen LogP contribution >= 0.6 is 11.3 Å². The van der Waals surface area contributed by atoms with Gasteiger partial charge in [-0.1, -0.05) is 0 Å². The summed E-state index contributed by atoms with van der Waals surface area (Å²) in [6.07, 6.45) is 1.31. The summed E-state index contributed by atoms with van der Waals surface area (Å²) in [5.41, 5.74) is 0.905. The van der Waals surface area contributed by atoms with Crippen molar-refractivity contribution in [3.05, 3.63) is 21.9 Å². The van der Waals surface area contributed by atoms with Crippen LogP contribution in [0.15, 0.2) is 11.4 Å². The molecule has 1 aromatic rings. The first kappa shape index (κ1) is 8.44. The number of hydrogen-bond donors (Lipinski definition) is 0. The van der Waals surface area contributed by atoms with Gasteiger partial charge in [0.1, 0.15) is 0 Å². The minimum Gasteiger partial charge on any atom is -0.371 e. The fourth-order valence-corrected chi connectivity index (χ4v) is 2.69. The molecule has 74 valence electrons. The van der Waals surface area contributed by atoms with Crippen LogP contribution in [0.5, 0.6) is 0 Å². The third-order valence-electron chi connectivity index (χ3n) is 2.70. The molecule has 0 aromatic carbocycles. The number of carbonyl (C=O) groups is 1. The Bertz CT molecular complexity index is 370. The van der Waals surface area contributed by atoms with Gasteiger partial charge in [-0.2, -0.15) is 0 Å². The first-order chi connectivity index (χ1) is 6.84. The topological polar surface area (TPSA) is 32.8 Å². The summed E-state index contributed by atoms with van der Waals surface area (Å²) in [6, 6.07) is 1.93. The first-order valence-corrected chi connectivity index (χ1v) is 5.70. The summed E-state index contributed by atoms with van der Waals surface area (Å²) >= 11 is 1.69. The van der Waals surface area contributed by atoms with Gasteiger partial charge in [0.2, 0.25) is 0 Å². The van der Waals surface area contributed by atoms with Crippen LogP contribution in [0.2, 0.25) is 0 Å². The number of hydrogen-bond acceptors (Lipinski definition) is 3. The summed E-state index contributed by atoms with van der Waals surface area (Å²) in [4.78, 5) is 15.1. The van der Waals surface area contributed by atoms with Crippen molar-refractivity contribution < 1.29 is 9.53 Å². The van der Waals surface area contributed by atoms with Gasteiger partial charge in [0.05, 0.1) is 18.3 Å². The molecule has 2 aliphatic heterocycles. The molecule has 1 fully saturated rings. The Labute approximate surface area is 86.3 Å². The van der Waals surface area contributed by atoms with E-state index in [0.717, 1.165) is 31.7 Å². The Kier molecular flexibility index (Phi) is 1.85. The zero-order valence-corrected chi connectivity index (χ0v) is 8.55. The van der Waals surface area contributed by atoms with Crippen LogP contribution in [0.4, 0.5) is 0 Å². The van der Waals surface area contributed by atoms with Gasteiger partial charge in [0.25, 0.3) is 5.91 Å². The molecular weight excluding hydrogens is 198 g/mol. The van der Waals surface area contributed by atoms with Crippen molar-refractivity contribution >= 4 is 17.2 Å². The second kappa shape index (κ2) is 3.07. The fraction of sp³-hybridized carbons (Fsp3) is 0.500. The highest BCUT2D eigenvalue weighted by Gasteiger charge is 2.31. The van der Waals surface area contributed by atoms with Gasteiger partial charge in [-0.25, -0.2) is 0 Å². The average molecular weight is 209 g/mol. The van der Waals surface area contributed by atoms with Crippen molar-refractivity contribution in [3.63, 3.8) is 0 Å². The third kappa shape index (κ3) is 1.35. The van der Waals surface area contributed by atoms with Gasteiger partial charge >= 0.3 is 0 Å². The number of epoxide rings is 1. The van der Waals surface area contributed by atoms with Crippen molar-refractivity contribution in [1.29, 1.82) is 0 Å². The molecule has 0 bridgehead atoms. The zero-order chi connectivity index (χ0) is 9.54. The SMILES string of the molecule is O=C1c2ccsc2CCN1CC1CO1. The maximum Gasteiger partial charge on any atom is 0.255 e. The van der Waals surface area contributed by atoms with E-state index >= 15 is 0 Å². The molecule has 1 atom stereocenters. The van der Waals surface area contributed by atoms with Crippen LogP contribution in [0.1, 0.15) is 15.2 Å². The molecule has 0 aliphatic carbocycles. The molecule has 4 heteroatoms. The molecule has 0 spiro atoms. The number of carbonyl (C=O) groups excluding carboxylic acids is 1. The number of fused-ring (bicyclic) bond motifs is 1. The number of thiophene rings is 1. The highest BCUT2D eigenvalue weighted by Crippen LogP contribution is 2.25. The fourth-order valence-electron chi connectivity index (χ4n) is 1.83. The molecule has 2 aliphatic rings. The van der Waals surface area contributed by atoms with Gasteiger partial charge in [-0.3, -0.25) is 4.79 Å². The lowest BCUT2D eigenvalue weighted by Crippen LogP contribution is -2.39. The van der Waals surface area contributed by atoms with Crippen LogP contribution in [0.3, 0.4) is 0 Å². The molecule has 1 unspecified atom stereocenters. The quantitative estimate of drug-likeness (QED) is 0.684. The summed E-state index contributed by atoms with van der Waals surface area (Å²) in [5.74, 6) is 0.183. The Balaban J connectivity index is 1.81. The molecular formula is C10H11NO2S. The maximum absolute atomic E-state index is 11.9.